The Bertz CT molecular complexity index is 846. The molecule has 2 heterocycles. The maximum Gasteiger partial charge on any atom is 0.219 e. The van der Waals surface area contributed by atoms with Crippen molar-refractivity contribution in [2.24, 2.45) is 4.99 Å². The van der Waals surface area contributed by atoms with Crippen LogP contribution >= 0.6 is 0 Å². The van der Waals surface area contributed by atoms with Crippen LogP contribution in [0, 0.1) is 0 Å². The van der Waals surface area contributed by atoms with Gasteiger partial charge in [0.15, 0.2) is 11.6 Å². The number of benzene rings is 1. The Kier molecular flexibility index (Phi) is 10.4. The minimum absolute atomic E-state index is 0.100. The minimum atomic E-state index is 0.100. The van der Waals surface area contributed by atoms with E-state index in [9.17, 15) is 0 Å². The highest BCUT2D eigenvalue weighted by Crippen LogP contribution is 2.21. The molecule has 0 atom stereocenters. The molecule has 1 aromatic heterocycles. The van der Waals surface area contributed by atoms with Gasteiger partial charge in [-0.3, -0.25) is 0 Å². The lowest BCUT2D eigenvalue weighted by atomic mass is 10.1. The molecule has 1 fully saturated rings. The van der Waals surface area contributed by atoms with E-state index < -0.39 is 0 Å². The van der Waals surface area contributed by atoms with E-state index in [2.05, 4.69) is 52.8 Å². The smallest absolute Gasteiger partial charge is 0.219 e. The third-order valence-electron chi connectivity index (χ3n) is 4.21. The molecule has 31 heavy (non-hydrogen) atoms. The third kappa shape index (κ3) is 9.11. The summed E-state index contributed by atoms with van der Waals surface area (Å²) in [6.45, 7) is 13.4. The number of aromatic nitrogens is 2. The summed E-state index contributed by atoms with van der Waals surface area (Å²) in [5.74, 6) is 2.35. The van der Waals surface area contributed by atoms with Crippen molar-refractivity contribution >= 4 is 23.8 Å². The average molecular weight is 424 g/mol. The quantitative estimate of drug-likeness (QED) is 0.294. The number of hydrogen-bond donors (Lipinski definition) is 2. The summed E-state index contributed by atoms with van der Waals surface area (Å²) in [6, 6.07) is 12.1. The molecular weight excluding hydrogens is 390 g/mol. The summed E-state index contributed by atoms with van der Waals surface area (Å²) < 4.78 is 11.5. The zero-order valence-corrected chi connectivity index (χ0v) is 18.7. The fourth-order valence-electron chi connectivity index (χ4n) is 2.77. The summed E-state index contributed by atoms with van der Waals surface area (Å²) in [5, 5.41) is 0. The lowest BCUT2D eigenvalue weighted by Crippen LogP contribution is -2.40. The van der Waals surface area contributed by atoms with Gasteiger partial charge < -0.3 is 14.9 Å². The van der Waals surface area contributed by atoms with Crippen molar-refractivity contribution in [1.82, 2.24) is 20.8 Å². The van der Waals surface area contributed by atoms with Gasteiger partial charge in [-0.25, -0.2) is 15.4 Å². The number of hydrogen-bond acceptors (Lipinski definition) is 6. The van der Waals surface area contributed by atoms with Gasteiger partial charge in [-0.15, -0.1) is 13.2 Å². The van der Waals surface area contributed by atoms with Crippen LogP contribution in [0.15, 0.2) is 54.5 Å². The lowest BCUT2D eigenvalue weighted by molar-refractivity contribution is 0.0237. The second-order valence-electron chi connectivity index (χ2n) is 7.22. The third-order valence-corrected chi connectivity index (χ3v) is 4.21. The van der Waals surface area contributed by atoms with Gasteiger partial charge in [0, 0.05) is 24.9 Å². The highest BCUT2D eigenvalue weighted by atomic mass is 16.5. The normalized spacial score (nSPS) is 14.9. The molecule has 2 N–H and O–H groups in total. The van der Waals surface area contributed by atoms with Gasteiger partial charge in [0.2, 0.25) is 5.88 Å². The fraction of sp³-hybridized carbons (Fsp3) is 0.375. The van der Waals surface area contributed by atoms with E-state index in [1.54, 1.807) is 6.07 Å². The molecule has 1 aliphatic rings. The summed E-state index contributed by atoms with van der Waals surface area (Å²) in [4.78, 5) is 13.7. The van der Waals surface area contributed by atoms with Crippen molar-refractivity contribution in [1.29, 1.82) is 0 Å². The predicted octanol–water partition coefficient (Wildman–Crippen LogP) is 4.56. The Balaban J connectivity index is 0.00000166. The van der Waals surface area contributed by atoms with Gasteiger partial charge in [-0.05, 0) is 32.4 Å². The first-order chi connectivity index (χ1) is 15.1. The van der Waals surface area contributed by atoms with Crippen LogP contribution in [0.5, 0.6) is 5.88 Å². The van der Waals surface area contributed by atoms with E-state index >= 15 is 0 Å². The first-order valence-corrected chi connectivity index (χ1v) is 10.5. The molecule has 3 rings (SSSR count). The number of rotatable bonds is 7. The average Bonchev–Trinajstić information content (AvgIpc) is 2.79. The van der Waals surface area contributed by atoms with Gasteiger partial charge in [0.1, 0.15) is 11.9 Å². The molecule has 0 aliphatic carbocycles. The van der Waals surface area contributed by atoms with Gasteiger partial charge in [0.05, 0.1) is 13.2 Å². The second-order valence-corrected chi connectivity index (χ2v) is 7.22. The van der Waals surface area contributed by atoms with Crippen molar-refractivity contribution < 1.29 is 9.47 Å². The molecule has 0 bridgehead atoms. The highest BCUT2D eigenvalue weighted by Gasteiger charge is 2.16. The summed E-state index contributed by atoms with van der Waals surface area (Å²) in [5.41, 5.74) is 7.28. The molecule has 7 nitrogen and oxygen atoms in total. The van der Waals surface area contributed by atoms with Crippen molar-refractivity contribution in [2.75, 3.05) is 13.2 Å². The highest BCUT2D eigenvalue weighted by molar-refractivity contribution is 5.81. The van der Waals surface area contributed by atoms with Crippen LogP contribution in [0.3, 0.4) is 0 Å². The largest absolute Gasteiger partial charge is 0.474 e. The molecule has 0 spiro atoms. The maximum absolute atomic E-state index is 6.10. The van der Waals surface area contributed by atoms with Crippen molar-refractivity contribution in [3.8, 4) is 5.88 Å². The number of nitrogens with one attached hydrogen (secondary N) is 2. The summed E-state index contributed by atoms with van der Waals surface area (Å²) in [7, 11) is 0. The topological polar surface area (TPSA) is 80.7 Å². The molecule has 1 aliphatic heterocycles. The molecule has 0 radical (unpaired) electrons. The van der Waals surface area contributed by atoms with E-state index in [4.69, 9.17) is 9.47 Å². The molecular formula is C24H33N5O2. The van der Waals surface area contributed by atoms with Gasteiger partial charge in [-0.2, -0.15) is 4.98 Å². The first kappa shape index (κ1) is 24.2. The Hall–Kier alpha value is -3.03. The van der Waals surface area contributed by atoms with Crippen LogP contribution in [0.2, 0.25) is 0 Å². The molecule has 1 aromatic carbocycles. The zero-order chi connectivity index (χ0) is 22.5. The molecule has 166 valence electrons. The Morgan fingerprint density at radius 3 is 2.55 bits per heavy atom. The van der Waals surface area contributed by atoms with Crippen molar-refractivity contribution in [3.63, 3.8) is 0 Å². The minimum Gasteiger partial charge on any atom is -0.474 e. The second kappa shape index (κ2) is 13.3. The Morgan fingerprint density at radius 1 is 1.16 bits per heavy atom. The van der Waals surface area contributed by atoms with E-state index in [1.807, 2.05) is 49.4 Å². The molecule has 0 unspecified atom stereocenters. The standard InChI is InChI=1S/C22H29N5O2.C2H4/c1-16(2)26-27-17(3)23-21-15-22(29-19-11-13-28-14-12-19)25-20(24-21)10-9-18-7-5-4-6-8-18;1-2/h4-10,15-16,19,26H,11-14H2,1-3H3,(H,23,24,25,27);1-2H2/b10-9+;. The lowest BCUT2D eigenvalue weighted by Gasteiger charge is -2.22. The van der Waals surface area contributed by atoms with E-state index in [0.29, 0.717) is 42.6 Å². The van der Waals surface area contributed by atoms with Crippen LogP contribution < -0.4 is 15.6 Å². The van der Waals surface area contributed by atoms with Crippen LogP contribution in [-0.2, 0) is 4.74 Å². The van der Waals surface area contributed by atoms with E-state index in [0.717, 1.165) is 18.4 Å². The summed E-state index contributed by atoms with van der Waals surface area (Å²) in [6.07, 6.45) is 5.67. The molecule has 0 saturated carbocycles. The van der Waals surface area contributed by atoms with Gasteiger partial charge in [0.25, 0.3) is 0 Å². The Labute approximate surface area is 185 Å². The fourth-order valence-corrected chi connectivity index (χ4v) is 2.77. The maximum atomic E-state index is 6.10. The number of ether oxygens (including phenoxy) is 2. The van der Waals surface area contributed by atoms with Crippen molar-refractivity contribution in [3.05, 3.63) is 60.9 Å². The van der Waals surface area contributed by atoms with Gasteiger partial charge in [-0.1, -0.05) is 36.4 Å². The van der Waals surface area contributed by atoms with E-state index in [1.165, 1.54) is 0 Å². The van der Waals surface area contributed by atoms with Crippen molar-refractivity contribution in [2.45, 2.75) is 45.8 Å². The molecule has 0 amide bonds. The zero-order valence-electron chi connectivity index (χ0n) is 18.7. The SMILES string of the molecule is C/C(=N\c1cc(OC2CCOCC2)nc(/C=C/c2ccccc2)n1)NNC(C)C.C=C. The number of nitrogens with zero attached hydrogens (tertiary/aromatic N) is 3. The summed E-state index contributed by atoms with van der Waals surface area (Å²) >= 11 is 0. The van der Waals surface area contributed by atoms with Crippen LogP contribution in [0.4, 0.5) is 5.82 Å². The van der Waals surface area contributed by atoms with Crippen LogP contribution in [-0.4, -0.2) is 41.2 Å². The first-order valence-electron chi connectivity index (χ1n) is 10.5. The monoisotopic (exact) mass is 423 g/mol. The Morgan fingerprint density at radius 2 is 1.87 bits per heavy atom. The van der Waals surface area contributed by atoms with E-state index in [-0.39, 0.29) is 6.10 Å². The number of aliphatic imine (C=N–C) groups is 1. The molecule has 2 aromatic rings. The molecule has 7 heteroatoms. The van der Waals surface area contributed by atoms with Crippen LogP contribution in [0.1, 0.15) is 45.0 Å². The van der Waals surface area contributed by atoms with Gasteiger partial charge >= 0.3 is 0 Å². The number of amidine groups is 1. The predicted molar refractivity (Wildman–Crippen MR) is 127 cm³/mol. The number of hydrazine groups is 1. The molecule has 1 saturated heterocycles. The van der Waals surface area contributed by atoms with Crippen LogP contribution in [0.25, 0.3) is 12.2 Å².